The topological polar surface area (TPSA) is 102 Å². The van der Waals surface area contributed by atoms with E-state index in [1.54, 1.807) is 35.4 Å². The van der Waals surface area contributed by atoms with Gasteiger partial charge in [0.05, 0.1) is 23.5 Å². The van der Waals surface area contributed by atoms with Gasteiger partial charge in [-0.05, 0) is 30.3 Å². The molecule has 4 aromatic heterocycles. The number of amides is 2. The van der Waals surface area contributed by atoms with Crippen molar-refractivity contribution in [3.8, 4) is 22.6 Å². The predicted molar refractivity (Wildman–Crippen MR) is 126 cm³/mol. The highest BCUT2D eigenvalue weighted by Gasteiger charge is 2.12. The Labute approximate surface area is 190 Å². The Morgan fingerprint density at radius 2 is 1.75 bits per heavy atom. The van der Waals surface area contributed by atoms with Crippen LogP contribution in [0.1, 0.15) is 24.2 Å². The molecule has 4 heterocycles. The maximum atomic E-state index is 12.2. The molecule has 0 aliphatic carbocycles. The van der Waals surface area contributed by atoms with Gasteiger partial charge in [0.25, 0.3) is 5.91 Å². The highest BCUT2D eigenvalue weighted by Crippen LogP contribution is 2.25. The van der Waals surface area contributed by atoms with E-state index in [-0.39, 0.29) is 18.4 Å². The van der Waals surface area contributed by atoms with E-state index in [1.807, 2.05) is 56.6 Å². The lowest BCUT2D eigenvalue weighted by Gasteiger charge is -2.04. The molecule has 32 heavy (non-hydrogen) atoms. The van der Waals surface area contributed by atoms with Crippen LogP contribution in [-0.2, 0) is 11.8 Å². The number of aromatic nitrogens is 4. The van der Waals surface area contributed by atoms with E-state index < -0.39 is 0 Å². The molecule has 0 unspecified atom stereocenters. The van der Waals surface area contributed by atoms with Crippen LogP contribution in [0.3, 0.4) is 0 Å². The van der Waals surface area contributed by atoms with Gasteiger partial charge in [0.1, 0.15) is 5.69 Å². The van der Waals surface area contributed by atoms with Gasteiger partial charge in [0.2, 0.25) is 5.91 Å². The van der Waals surface area contributed by atoms with Gasteiger partial charge in [-0.3, -0.25) is 14.6 Å². The largest absolute Gasteiger partial charge is 0.356 e. The fourth-order valence-corrected chi connectivity index (χ4v) is 3.49. The zero-order valence-corrected chi connectivity index (χ0v) is 18.9. The average molecular weight is 449 g/mol. The van der Waals surface area contributed by atoms with Crippen molar-refractivity contribution in [3.63, 3.8) is 0 Å². The van der Waals surface area contributed by atoms with Gasteiger partial charge in [-0.25, -0.2) is 9.97 Å². The molecule has 0 radical (unpaired) electrons. The van der Waals surface area contributed by atoms with E-state index in [9.17, 15) is 9.59 Å². The number of aryl methyl sites for hydroxylation is 1. The first kappa shape index (κ1) is 22.8. The summed E-state index contributed by atoms with van der Waals surface area (Å²) in [5, 5.41) is 7.57. The molecule has 8 nitrogen and oxygen atoms in total. The van der Waals surface area contributed by atoms with E-state index in [0.29, 0.717) is 22.1 Å². The third kappa shape index (κ3) is 5.86. The number of thiazole rings is 1. The molecule has 4 rings (SSSR count). The first-order valence-electron chi connectivity index (χ1n) is 10.1. The number of rotatable bonds is 6. The molecule has 0 aliphatic heterocycles. The van der Waals surface area contributed by atoms with Crippen LogP contribution in [0.25, 0.3) is 22.6 Å². The third-order valence-electron chi connectivity index (χ3n) is 4.24. The Balaban J connectivity index is 0.00000141. The number of carbonyl (C=O) groups is 2. The van der Waals surface area contributed by atoms with E-state index in [0.717, 1.165) is 11.3 Å². The second kappa shape index (κ2) is 11.0. The lowest BCUT2D eigenvalue weighted by Crippen LogP contribution is -2.32. The normalized spacial score (nSPS) is 10.1. The van der Waals surface area contributed by atoms with Crippen molar-refractivity contribution in [1.82, 2.24) is 24.8 Å². The number of nitrogens with zero attached hydrogens (tertiary/aromatic N) is 4. The van der Waals surface area contributed by atoms with Crippen molar-refractivity contribution in [2.75, 3.05) is 11.9 Å². The van der Waals surface area contributed by atoms with Crippen molar-refractivity contribution in [1.29, 1.82) is 0 Å². The first-order valence-corrected chi connectivity index (χ1v) is 11.0. The van der Waals surface area contributed by atoms with Gasteiger partial charge < -0.3 is 15.2 Å². The van der Waals surface area contributed by atoms with E-state index in [1.165, 1.54) is 11.3 Å². The zero-order valence-electron chi connectivity index (χ0n) is 18.1. The number of hydrogen-bond donors (Lipinski definition) is 2. The first-order chi connectivity index (χ1) is 15.6. The molecular weight excluding hydrogens is 424 g/mol. The second-order valence-corrected chi connectivity index (χ2v) is 7.34. The molecule has 164 valence electrons. The molecule has 0 aliphatic rings. The molecule has 0 saturated carbocycles. The van der Waals surface area contributed by atoms with Crippen LogP contribution in [0.2, 0.25) is 0 Å². The minimum Gasteiger partial charge on any atom is -0.356 e. The summed E-state index contributed by atoms with van der Waals surface area (Å²) in [6.07, 6.45) is 6.89. The highest BCUT2D eigenvalue weighted by molar-refractivity contribution is 7.14. The van der Waals surface area contributed by atoms with E-state index >= 15 is 0 Å². The van der Waals surface area contributed by atoms with Gasteiger partial charge >= 0.3 is 0 Å². The molecule has 0 spiro atoms. The maximum absolute atomic E-state index is 12.2. The maximum Gasteiger partial charge on any atom is 0.253 e. The summed E-state index contributed by atoms with van der Waals surface area (Å²) in [7, 11) is 1.82. The van der Waals surface area contributed by atoms with Gasteiger partial charge in [-0.15, -0.1) is 11.3 Å². The van der Waals surface area contributed by atoms with Crippen molar-refractivity contribution in [2.45, 2.75) is 13.8 Å². The number of pyridine rings is 2. The van der Waals surface area contributed by atoms with Gasteiger partial charge in [0, 0.05) is 42.8 Å². The Morgan fingerprint density at radius 3 is 2.47 bits per heavy atom. The van der Waals surface area contributed by atoms with Crippen LogP contribution >= 0.6 is 11.3 Å². The van der Waals surface area contributed by atoms with Gasteiger partial charge in [-0.2, -0.15) is 0 Å². The molecule has 0 atom stereocenters. The van der Waals surface area contributed by atoms with Crippen molar-refractivity contribution in [3.05, 3.63) is 72.1 Å². The Morgan fingerprint density at radius 1 is 1.00 bits per heavy atom. The van der Waals surface area contributed by atoms with Gasteiger partial charge in [0.15, 0.2) is 5.13 Å². The van der Waals surface area contributed by atoms with E-state index in [2.05, 4.69) is 25.6 Å². The molecule has 9 heteroatoms. The molecule has 0 saturated heterocycles. The fraction of sp³-hybridized carbons (Fsp3) is 0.174. The van der Waals surface area contributed by atoms with Crippen molar-refractivity contribution < 1.29 is 9.59 Å². The monoisotopic (exact) mass is 448 g/mol. The number of hydrogen-bond acceptors (Lipinski definition) is 6. The SMILES string of the molecule is CC.Cn1ccc(C(=O)NCC(=O)Nc2nc(-c3cccc(-c4ccncc4)n3)cs2)c1. The highest BCUT2D eigenvalue weighted by atomic mass is 32.1. The fourth-order valence-electron chi connectivity index (χ4n) is 2.77. The summed E-state index contributed by atoms with van der Waals surface area (Å²) in [6, 6.07) is 11.2. The summed E-state index contributed by atoms with van der Waals surface area (Å²) in [6.45, 7) is 3.86. The molecular formula is C23H24N6O2S. The number of nitrogens with one attached hydrogen (secondary N) is 2. The van der Waals surface area contributed by atoms with Crippen LogP contribution in [0.5, 0.6) is 0 Å². The van der Waals surface area contributed by atoms with Crippen LogP contribution in [0.4, 0.5) is 5.13 Å². The quantitative estimate of drug-likeness (QED) is 0.464. The summed E-state index contributed by atoms with van der Waals surface area (Å²) >= 11 is 1.30. The lowest BCUT2D eigenvalue weighted by atomic mass is 10.1. The zero-order chi connectivity index (χ0) is 22.9. The number of carbonyl (C=O) groups excluding carboxylic acids is 2. The predicted octanol–water partition coefficient (Wildman–Crippen LogP) is 4.00. The van der Waals surface area contributed by atoms with Crippen LogP contribution in [0, 0.1) is 0 Å². The van der Waals surface area contributed by atoms with Gasteiger partial charge in [-0.1, -0.05) is 19.9 Å². The molecule has 0 fully saturated rings. The summed E-state index contributed by atoms with van der Waals surface area (Å²) in [4.78, 5) is 37.3. The molecule has 0 aromatic carbocycles. The molecule has 0 bridgehead atoms. The lowest BCUT2D eigenvalue weighted by molar-refractivity contribution is -0.115. The summed E-state index contributed by atoms with van der Waals surface area (Å²) in [5.74, 6) is -0.651. The molecule has 2 N–H and O–H groups in total. The minimum absolute atomic E-state index is 0.140. The third-order valence-corrected chi connectivity index (χ3v) is 5.00. The summed E-state index contributed by atoms with van der Waals surface area (Å²) < 4.78 is 1.77. The summed E-state index contributed by atoms with van der Waals surface area (Å²) in [5.41, 5.74) is 3.65. The average Bonchev–Trinajstić information content (AvgIpc) is 3.49. The van der Waals surface area contributed by atoms with Crippen LogP contribution < -0.4 is 10.6 Å². The van der Waals surface area contributed by atoms with Crippen molar-refractivity contribution in [2.24, 2.45) is 7.05 Å². The number of anilines is 1. The van der Waals surface area contributed by atoms with E-state index in [4.69, 9.17) is 0 Å². The smallest absolute Gasteiger partial charge is 0.253 e. The van der Waals surface area contributed by atoms with Crippen LogP contribution in [0.15, 0.2) is 66.6 Å². The second-order valence-electron chi connectivity index (χ2n) is 6.48. The van der Waals surface area contributed by atoms with Crippen molar-refractivity contribution >= 4 is 28.3 Å². The Hall–Kier alpha value is -3.85. The minimum atomic E-state index is -0.348. The molecule has 4 aromatic rings. The standard InChI is InChI=1S/C21H18N6O2S.C2H6/c1-27-10-7-15(12-27)20(29)23-11-19(28)26-21-25-18(13-30-21)17-4-2-3-16(24-17)14-5-8-22-9-6-14;1-2/h2-10,12-13H,11H2,1H3,(H,23,29)(H,25,26,28);1-2H3. The Kier molecular flexibility index (Phi) is 7.82. The molecule has 2 amide bonds. The Bertz CT molecular complexity index is 1190. The van der Waals surface area contributed by atoms with Crippen LogP contribution in [-0.4, -0.2) is 37.9 Å².